The van der Waals surface area contributed by atoms with Gasteiger partial charge >= 0.3 is 0 Å². The minimum Gasteiger partial charge on any atom is -0.465 e. The molecule has 3 rings (SSSR count). The first-order chi connectivity index (χ1) is 13.5. The summed E-state index contributed by atoms with van der Waals surface area (Å²) in [5.74, 6) is 0.386. The summed E-state index contributed by atoms with van der Waals surface area (Å²) in [7, 11) is 1.60. The number of methoxy groups -OCH3 is 1. The fourth-order valence-electron chi connectivity index (χ4n) is 3.05. The van der Waals surface area contributed by atoms with Crippen LogP contribution in [0.25, 0.3) is 0 Å². The molecule has 3 N–H and O–H groups in total. The molecule has 1 heterocycles. The van der Waals surface area contributed by atoms with Crippen molar-refractivity contribution in [3.63, 3.8) is 0 Å². The fourth-order valence-corrected chi connectivity index (χ4v) is 3.57. The quantitative estimate of drug-likeness (QED) is 0.364. The van der Waals surface area contributed by atoms with E-state index in [2.05, 4.69) is 15.9 Å². The zero-order chi connectivity index (χ0) is 20.1. The van der Waals surface area contributed by atoms with Crippen molar-refractivity contribution in [2.75, 3.05) is 44.3 Å². The van der Waals surface area contributed by atoms with Crippen molar-refractivity contribution in [3.8, 4) is 5.75 Å². The second-order valence-corrected chi connectivity index (χ2v) is 7.21. The van der Waals surface area contributed by atoms with Gasteiger partial charge in [-0.3, -0.25) is 4.79 Å². The predicted molar refractivity (Wildman–Crippen MR) is 110 cm³/mol. The second-order valence-electron chi connectivity index (χ2n) is 6.35. The molecule has 0 fully saturated rings. The fraction of sp³-hybridized carbons (Fsp3) is 0.350. The molecule has 28 heavy (non-hydrogen) atoms. The SMILES string of the molecule is COCCOCOc1ccc(N2CCc3cc(Br)c(CO)cc3C2=O)cc1N. The number of nitrogens with zero attached hydrogens (tertiary/aromatic N) is 1. The second kappa shape index (κ2) is 9.38. The Balaban J connectivity index is 1.73. The largest absolute Gasteiger partial charge is 0.465 e. The summed E-state index contributed by atoms with van der Waals surface area (Å²) in [6.45, 7) is 1.41. The summed E-state index contributed by atoms with van der Waals surface area (Å²) in [4.78, 5) is 14.7. The van der Waals surface area contributed by atoms with Crippen LogP contribution in [0.15, 0.2) is 34.8 Å². The van der Waals surface area contributed by atoms with Crippen molar-refractivity contribution in [2.24, 2.45) is 0 Å². The van der Waals surface area contributed by atoms with Crippen LogP contribution in [0.1, 0.15) is 21.5 Å². The number of hydrogen-bond acceptors (Lipinski definition) is 6. The maximum absolute atomic E-state index is 13.0. The van der Waals surface area contributed by atoms with Crippen molar-refractivity contribution < 1.29 is 24.1 Å². The number of halogens is 1. The summed E-state index contributed by atoms with van der Waals surface area (Å²) >= 11 is 3.43. The van der Waals surface area contributed by atoms with E-state index in [-0.39, 0.29) is 19.3 Å². The van der Waals surface area contributed by atoms with E-state index in [4.69, 9.17) is 19.9 Å². The van der Waals surface area contributed by atoms with Crippen molar-refractivity contribution in [2.45, 2.75) is 13.0 Å². The molecule has 0 saturated carbocycles. The molecule has 2 aromatic rings. The molecule has 0 saturated heterocycles. The summed E-state index contributed by atoms with van der Waals surface area (Å²) in [5, 5.41) is 9.47. The van der Waals surface area contributed by atoms with Gasteiger partial charge in [-0.1, -0.05) is 15.9 Å². The Kier molecular flexibility index (Phi) is 6.90. The Morgan fingerprint density at radius 2 is 2.07 bits per heavy atom. The summed E-state index contributed by atoms with van der Waals surface area (Å²) in [5.41, 5.74) is 9.48. The molecule has 1 amide bonds. The Morgan fingerprint density at radius 3 is 2.79 bits per heavy atom. The number of anilines is 2. The molecule has 0 atom stereocenters. The van der Waals surface area contributed by atoms with E-state index in [1.54, 1.807) is 36.3 Å². The van der Waals surface area contributed by atoms with Gasteiger partial charge in [-0.05, 0) is 47.9 Å². The van der Waals surface area contributed by atoms with E-state index in [9.17, 15) is 9.90 Å². The molecule has 0 unspecified atom stereocenters. The molecular weight excluding hydrogens is 428 g/mol. The van der Waals surface area contributed by atoms with Gasteiger partial charge in [-0.25, -0.2) is 0 Å². The zero-order valence-corrected chi connectivity index (χ0v) is 17.2. The highest BCUT2D eigenvalue weighted by atomic mass is 79.9. The van der Waals surface area contributed by atoms with Gasteiger partial charge < -0.3 is 30.0 Å². The zero-order valence-electron chi connectivity index (χ0n) is 15.6. The van der Waals surface area contributed by atoms with Gasteiger partial charge in [0.25, 0.3) is 5.91 Å². The van der Waals surface area contributed by atoms with Crippen LogP contribution in [0.2, 0.25) is 0 Å². The highest BCUT2D eigenvalue weighted by molar-refractivity contribution is 9.10. The average Bonchev–Trinajstić information content (AvgIpc) is 2.69. The number of nitrogen functional groups attached to an aromatic ring is 1. The highest BCUT2D eigenvalue weighted by Gasteiger charge is 2.27. The van der Waals surface area contributed by atoms with E-state index < -0.39 is 0 Å². The van der Waals surface area contributed by atoms with E-state index in [0.29, 0.717) is 48.0 Å². The van der Waals surface area contributed by atoms with Crippen LogP contribution in [0.5, 0.6) is 5.75 Å². The van der Waals surface area contributed by atoms with E-state index in [1.807, 2.05) is 6.07 Å². The van der Waals surface area contributed by atoms with Crippen LogP contribution in [0.3, 0.4) is 0 Å². The van der Waals surface area contributed by atoms with Crippen LogP contribution in [-0.4, -0.2) is 44.7 Å². The molecule has 8 heteroatoms. The molecule has 0 bridgehead atoms. The molecule has 7 nitrogen and oxygen atoms in total. The minimum atomic E-state index is -0.132. The first kappa shape index (κ1) is 20.6. The molecule has 1 aliphatic rings. The van der Waals surface area contributed by atoms with Crippen LogP contribution >= 0.6 is 15.9 Å². The number of benzene rings is 2. The Labute approximate surface area is 172 Å². The monoisotopic (exact) mass is 450 g/mol. The summed E-state index contributed by atoms with van der Waals surface area (Å²) in [6.07, 6.45) is 0.719. The third-order valence-corrected chi connectivity index (χ3v) is 5.30. The molecule has 0 aliphatic carbocycles. The van der Waals surface area contributed by atoms with E-state index >= 15 is 0 Å². The molecule has 150 valence electrons. The van der Waals surface area contributed by atoms with Gasteiger partial charge in [-0.15, -0.1) is 0 Å². The third-order valence-electron chi connectivity index (χ3n) is 4.56. The lowest BCUT2D eigenvalue weighted by atomic mass is 9.96. The normalized spacial score (nSPS) is 13.5. The van der Waals surface area contributed by atoms with Crippen LogP contribution in [0.4, 0.5) is 11.4 Å². The van der Waals surface area contributed by atoms with Crippen molar-refractivity contribution in [3.05, 3.63) is 51.5 Å². The van der Waals surface area contributed by atoms with Crippen LogP contribution in [-0.2, 0) is 22.5 Å². The number of hydrogen-bond donors (Lipinski definition) is 2. The molecule has 1 aliphatic heterocycles. The maximum Gasteiger partial charge on any atom is 0.258 e. The molecule has 0 radical (unpaired) electrons. The van der Waals surface area contributed by atoms with Gasteiger partial charge in [0.05, 0.1) is 25.5 Å². The number of ether oxygens (including phenoxy) is 3. The lowest BCUT2D eigenvalue weighted by molar-refractivity contribution is -0.00813. The van der Waals surface area contributed by atoms with Gasteiger partial charge in [0.1, 0.15) is 5.75 Å². The van der Waals surface area contributed by atoms with E-state index in [0.717, 1.165) is 16.5 Å². The maximum atomic E-state index is 13.0. The van der Waals surface area contributed by atoms with Crippen molar-refractivity contribution >= 4 is 33.2 Å². The van der Waals surface area contributed by atoms with Crippen LogP contribution in [0, 0.1) is 0 Å². The van der Waals surface area contributed by atoms with Gasteiger partial charge in [0, 0.05) is 29.4 Å². The third kappa shape index (κ3) is 4.47. The van der Waals surface area contributed by atoms with Crippen molar-refractivity contribution in [1.29, 1.82) is 0 Å². The first-order valence-corrected chi connectivity index (χ1v) is 9.67. The lowest BCUT2D eigenvalue weighted by Crippen LogP contribution is -2.37. The number of rotatable bonds is 8. The first-order valence-electron chi connectivity index (χ1n) is 8.88. The number of amides is 1. The standard InChI is InChI=1S/C20H23BrN2O5/c1-26-6-7-27-12-28-19-3-2-15(10-18(19)22)23-5-4-13-9-17(21)14(11-24)8-16(13)20(23)25/h2-3,8-10,24H,4-7,11-12,22H2,1H3. The van der Waals surface area contributed by atoms with Crippen LogP contribution < -0.4 is 15.4 Å². The van der Waals surface area contributed by atoms with Gasteiger partial charge in [0.2, 0.25) is 0 Å². The molecule has 0 aromatic heterocycles. The Morgan fingerprint density at radius 1 is 1.25 bits per heavy atom. The smallest absolute Gasteiger partial charge is 0.258 e. The molecule has 0 spiro atoms. The number of aliphatic hydroxyl groups is 1. The number of aliphatic hydroxyl groups excluding tert-OH is 1. The number of nitrogens with two attached hydrogens (primary N) is 1. The number of carbonyl (C=O) groups excluding carboxylic acids is 1. The topological polar surface area (TPSA) is 94.2 Å². The lowest BCUT2D eigenvalue weighted by Gasteiger charge is -2.29. The number of fused-ring (bicyclic) bond motifs is 1. The number of carbonyl (C=O) groups is 1. The van der Waals surface area contributed by atoms with E-state index in [1.165, 1.54) is 0 Å². The van der Waals surface area contributed by atoms with Crippen molar-refractivity contribution in [1.82, 2.24) is 0 Å². The summed E-state index contributed by atoms with van der Waals surface area (Å²) < 4.78 is 16.5. The Bertz CT molecular complexity index is 859. The minimum absolute atomic E-state index is 0.0712. The average molecular weight is 451 g/mol. The highest BCUT2D eigenvalue weighted by Crippen LogP contribution is 2.32. The predicted octanol–water partition coefficient (Wildman–Crippen LogP) is 2.73. The Hall–Kier alpha value is -2.13. The summed E-state index contributed by atoms with van der Waals surface area (Å²) in [6, 6.07) is 8.90. The van der Waals surface area contributed by atoms with Gasteiger partial charge in [-0.2, -0.15) is 0 Å². The molecule has 2 aromatic carbocycles. The molecular formula is C20H23BrN2O5. The van der Waals surface area contributed by atoms with Gasteiger partial charge in [0.15, 0.2) is 6.79 Å².